The number of ether oxygens (including phenoxy) is 2. The van der Waals surface area contributed by atoms with Crippen molar-refractivity contribution < 1.29 is 17.9 Å². The quantitative estimate of drug-likeness (QED) is 0.797. The highest BCUT2D eigenvalue weighted by Crippen LogP contribution is 2.10. The van der Waals surface area contributed by atoms with Gasteiger partial charge in [0.1, 0.15) is 5.02 Å². The fourth-order valence-electron chi connectivity index (χ4n) is 1.53. The van der Waals surface area contributed by atoms with Gasteiger partial charge in [0.15, 0.2) is 0 Å². The Morgan fingerprint density at radius 1 is 1.47 bits per heavy atom. The lowest BCUT2D eigenvalue weighted by atomic mass is 10.3. The lowest BCUT2D eigenvalue weighted by Gasteiger charge is -2.23. The van der Waals surface area contributed by atoms with Gasteiger partial charge in [-0.1, -0.05) is 11.6 Å². The van der Waals surface area contributed by atoms with E-state index in [0.29, 0.717) is 19.8 Å². The SMILES string of the molecule is O=c1[nH]cc(S(=O)(=O)NCC2COCCO2)cc1Cl. The van der Waals surface area contributed by atoms with Gasteiger partial charge >= 0.3 is 0 Å². The Morgan fingerprint density at radius 3 is 2.89 bits per heavy atom. The number of hydrogen-bond acceptors (Lipinski definition) is 5. The molecule has 1 fully saturated rings. The van der Waals surface area contributed by atoms with Crippen LogP contribution < -0.4 is 10.3 Å². The summed E-state index contributed by atoms with van der Waals surface area (Å²) in [6.07, 6.45) is 0.774. The van der Waals surface area contributed by atoms with Crippen LogP contribution in [-0.2, 0) is 19.5 Å². The maximum absolute atomic E-state index is 12.0. The first-order valence-corrected chi connectivity index (χ1v) is 7.42. The van der Waals surface area contributed by atoms with Crippen LogP contribution in [0, 0.1) is 0 Å². The molecule has 0 radical (unpaired) electrons. The van der Waals surface area contributed by atoms with Gasteiger partial charge in [0.2, 0.25) is 10.0 Å². The molecule has 1 aromatic rings. The number of nitrogens with one attached hydrogen (secondary N) is 2. The molecule has 1 saturated heterocycles. The lowest BCUT2D eigenvalue weighted by molar-refractivity contribution is -0.0846. The van der Waals surface area contributed by atoms with E-state index in [2.05, 4.69) is 9.71 Å². The van der Waals surface area contributed by atoms with E-state index in [1.165, 1.54) is 0 Å². The Morgan fingerprint density at radius 2 is 2.26 bits per heavy atom. The topological polar surface area (TPSA) is 97.5 Å². The normalized spacial score (nSPS) is 20.4. The van der Waals surface area contributed by atoms with Crippen LogP contribution in [0.2, 0.25) is 5.02 Å². The highest BCUT2D eigenvalue weighted by Gasteiger charge is 2.20. The van der Waals surface area contributed by atoms with Crippen molar-refractivity contribution in [3.63, 3.8) is 0 Å². The highest BCUT2D eigenvalue weighted by molar-refractivity contribution is 7.89. The van der Waals surface area contributed by atoms with Crippen molar-refractivity contribution in [2.75, 3.05) is 26.4 Å². The summed E-state index contributed by atoms with van der Waals surface area (Å²) in [6.45, 7) is 1.39. The zero-order valence-electron chi connectivity index (χ0n) is 9.89. The maximum atomic E-state index is 12.0. The molecule has 1 unspecified atom stereocenters. The Bertz CT molecular complexity index is 594. The molecule has 0 amide bonds. The number of pyridine rings is 1. The van der Waals surface area contributed by atoms with Crippen molar-refractivity contribution in [1.82, 2.24) is 9.71 Å². The fourth-order valence-corrected chi connectivity index (χ4v) is 2.83. The Labute approximate surface area is 114 Å². The second-order valence-electron chi connectivity index (χ2n) is 3.93. The predicted molar refractivity (Wildman–Crippen MR) is 67.8 cm³/mol. The van der Waals surface area contributed by atoms with E-state index in [0.717, 1.165) is 12.3 Å². The summed E-state index contributed by atoms with van der Waals surface area (Å²) in [5.74, 6) is 0. The molecule has 1 atom stereocenters. The number of hydrogen-bond donors (Lipinski definition) is 2. The first-order valence-electron chi connectivity index (χ1n) is 5.56. The summed E-state index contributed by atoms with van der Waals surface area (Å²) >= 11 is 5.59. The molecule has 1 aromatic heterocycles. The third-order valence-corrected chi connectivity index (χ3v) is 4.21. The van der Waals surface area contributed by atoms with Crippen molar-refractivity contribution in [1.29, 1.82) is 0 Å². The van der Waals surface area contributed by atoms with Crippen LogP contribution in [-0.4, -0.2) is 45.9 Å². The standard InChI is InChI=1S/C10H13ClN2O5S/c11-9-3-8(5-12-10(9)14)19(15,16)13-4-7-6-17-1-2-18-7/h3,5,7,13H,1-2,4,6H2,(H,12,14). The number of aromatic amines is 1. The Kier molecular flexibility index (Phi) is 4.58. The van der Waals surface area contributed by atoms with Gasteiger partial charge in [0, 0.05) is 12.7 Å². The molecule has 1 aliphatic heterocycles. The second-order valence-corrected chi connectivity index (χ2v) is 6.11. The average Bonchev–Trinajstić information content (AvgIpc) is 2.41. The van der Waals surface area contributed by atoms with E-state index in [1.54, 1.807) is 0 Å². The molecule has 2 rings (SSSR count). The molecule has 2 N–H and O–H groups in total. The van der Waals surface area contributed by atoms with Gasteiger partial charge in [-0.15, -0.1) is 0 Å². The smallest absolute Gasteiger partial charge is 0.266 e. The molecular weight excluding hydrogens is 296 g/mol. The van der Waals surface area contributed by atoms with Gasteiger partial charge in [-0.25, -0.2) is 13.1 Å². The Hall–Kier alpha value is -0.930. The van der Waals surface area contributed by atoms with Crippen LogP contribution in [0.1, 0.15) is 0 Å². The first-order chi connectivity index (χ1) is 8.99. The minimum absolute atomic E-state index is 0.0963. The summed E-state index contributed by atoms with van der Waals surface area (Å²) < 4.78 is 36.8. The maximum Gasteiger partial charge on any atom is 0.266 e. The van der Waals surface area contributed by atoms with Crippen LogP contribution in [0.4, 0.5) is 0 Å². The first kappa shape index (κ1) is 14.5. The van der Waals surface area contributed by atoms with E-state index in [-0.39, 0.29) is 22.6 Å². The van der Waals surface area contributed by atoms with Gasteiger partial charge in [-0.05, 0) is 6.07 Å². The molecule has 0 aliphatic carbocycles. The summed E-state index contributed by atoms with van der Waals surface area (Å²) in [5.41, 5.74) is -0.537. The zero-order chi connectivity index (χ0) is 13.9. The molecule has 0 aromatic carbocycles. The minimum Gasteiger partial charge on any atom is -0.376 e. The van der Waals surface area contributed by atoms with Crippen LogP contribution in [0.3, 0.4) is 0 Å². The van der Waals surface area contributed by atoms with Gasteiger partial charge in [-0.2, -0.15) is 0 Å². The van der Waals surface area contributed by atoms with Crippen molar-refractivity contribution >= 4 is 21.6 Å². The van der Waals surface area contributed by atoms with E-state index in [1.807, 2.05) is 0 Å². The number of halogens is 1. The molecule has 106 valence electrons. The molecular formula is C10H13ClN2O5S. The molecule has 9 heteroatoms. The molecule has 7 nitrogen and oxygen atoms in total. The molecule has 0 spiro atoms. The van der Waals surface area contributed by atoms with E-state index < -0.39 is 15.6 Å². The Balaban J connectivity index is 2.04. The summed E-state index contributed by atoms with van der Waals surface area (Å²) in [4.78, 5) is 13.2. The molecule has 0 bridgehead atoms. The largest absolute Gasteiger partial charge is 0.376 e. The second kappa shape index (κ2) is 6.02. The fraction of sp³-hybridized carbons (Fsp3) is 0.500. The zero-order valence-corrected chi connectivity index (χ0v) is 11.5. The van der Waals surface area contributed by atoms with Gasteiger partial charge in [-0.3, -0.25) is 4.79 Å². The number of H-pyrrole nitrogens is 1. The van der Waals surface area contributed by atoms with Crippen LogP contribution in [0.15, 0.2) is 22.0 Å². The summed E-state index contributed by atoms with van der Waals surface area (Å²) in [7, 11) is -3.74. The molecule has 19 heavy (non-hydrogen) atoms. The van der Waals surface area contributed by atoms with Gasteiger partial charge < -0.3 is 14.5 Å². The number of rotatable bonds is 4. The van der Waals surface area contributed by atoms with Crippen molar-refractivity contribution in [2.24, 2.45) is 0 Å². The minimum atomic E-state index is -3.74. The molecule has 2 heterocycles. The van der Waals surface area contributed by atoms with E-state index in [4.69, 9.17) is 21.1 Å². The van der Waals surface area contributed by atoms with Crippen molar-refractivity contribution in [2.45, 2.75) is 11.0 Å². The molecule has 0 saturated carbocycles. The molecule has 1 aliphatic rings. The highest BCUT2D eigenvalue weighted by atomic mass is 35.5. The van der Waals surface area contributed by atoms with E-state index in [9.17, 15) is 13.2 Å². The van der Waals surface area contributed by atoms with Crippen LogP contribution in [0.5, 0.6) is 0 Å². The van der Waals surface area contributed by atoms with Gasteiger partial charge in [0.25, 0.3) is 5.56 Å². The lowest BCUT2D eigenvalue weighted by Crippen LogP contribution is -2.39. The third kappa shape index (κ3) is 3.77. The average molecular weight is 309 g/mol. The van der Waals surface area contributed by atoms with Crippen molar-refractivity contribution in [3.05, 3.63) is 27.6 Å². The van der Waals surface area contributed by atoms with E-state index >= 15 is 0 Å². The van der Waals surface area contributed by atoms with Gasteiger partial charge in [0.05, 0.1) is 30.8 Å². The van der Waals surface area contributed by atoms with Crippen molar-refractivity contribution in [3.8, 4) is 0 Å². The van der Waals surface area contributed by atoms with Crippen LogP contribution in [0.25, 0.3) is 0 Å². The summed E-state index contributed by atoms with van der Waals surface area (Å²) in [5, 5.41) is -0.180. The predicted octanol–water partition coefficient (Wildman–Crippen LogP) is -0.278. The number of aromatic nitrogens is 1. The number of sulfonamides is 1. The third-order valence-electron chi connectivity index (χ3n) is 2.53. The van der Waals surface area contributed by atoms with Crippen LogP contribution >= 0.6 is 11.6 Å². The summed E-state index contributed by atoms with van der Waals surface area (Å²) in [6, 6.07) is 1.10. The monoisotopic (exact) mass is 308 g/mol.